The van der Waals surface area contributed by atoms with E-state index in [1.54, 1.807) is 5.01 Å². The Bertz CT molecular complexity index is 711. The molecule has 1 saturated carbocycles. The zero-order chi connectivity index (χ0) is 19.5. The van der Waals surface area contributed by atoms with Crippen molar-refractivity contribution in [1.29, 1.82) is 0 Å². The topological polar surface area (TPSA) is 152 Å². The number of fused-ring (bicyclic) bond motifs is 4. The first-order valence-corrected chi connectivity index (χ1v) is 9.88. The minimum atomic E-state index is -0.695. The average molecular weight is 392 g/mol. The van der Waals surface area contributed by atoms with E-state index in [9.17, 15) is 0 Å². The molecule has 1 fully saturated rings. The smallest absolute Gasteiger partial charge is 0.323 e. The maximum atomic E-state index is 6.37. The lowest BCUT2D eigenvalue weighted by Gasteiger charge is -2.45. The van der Waals surface area contributed by atoms with Crippen molar-refractivity contribution in [2.45, 2.75) is 70.6 Å². The molecule has 0 amide bonds. The first kappa shape index (κ1) is 18.9. The number of rotatable bonds is 6. The van der Waals surface area contributed by atoms with Crippen molar-refractivity contribution in [3.05, 3.63) is 0 Å². The Morgan fingerprint density at radius 2 is 1.86 bits per heavy atom. The highest BCUT2D eigenvalue weighted by molar-refractivity contribution is 5.80. The van der Waals surface area contributed by atoms with Crippen LogP contribution in [0.5, 0.6) is 6.01 Å². The van der Waals surface area contributed by atoms with Crippen LogP contribution in [0.4, 0.5) is 11.9 Å². The summed E-state index contributed by atoms with van der Waals surface area (Å²) >= 11 is 0. The standard InChI is InChI=1S/C16H28N10O2/c1-2-3-9-27-15-21-13-20-14(22-15)24-26-12(18)25(23-13)11(17)19-16(26)28-10-7-5-4-6-8-10/h10,12,16H,2-9,18H2,1H3,(H2,17,19)(H2,20,21,22,23,24). The van der Waals surface area contributed by atoms with Crippen LogP contribution < -0.4 is 27.1 Å². The molecule has 0 radical (unpaired) electrons. The number of hydrogen-bond acceptors (Lipinski definition) is 12. The van der Waals surface area contributed by atoms with Gasteiger partial charge in [0.15, 0.2) is 6.29 Å². The lowest BCUT2D eigenvalue weighted by atomic mass is 9.98. The summed E-state index contributed by atoms with van der Waals surface area (Å²) in [5.41, 5.74) is 18.6. The van der Waals surface area contributed by atoms with Crippen molar-refractivity contribution in [3.63, 3.8) is 0 Å². The number of ether oxygens (including phenoxy) is 2. The molecule has 0 aromatic carbocycles. The van der Waals surface area contributed by atoms with Gasteiger partial charge in [-0.05, 0) is 19.3 Å². The van der Waals surface area contributed by atoms with Crippen molar-refractivity contribution in [3.8, 4) is 6.01 Å². The molecule has 28 heavy (non-hydrogen) atoms. The van der Waals surface area contributed by atoms with Crippen LogP contribution in [0.3, 0.4) is 0 Å². The third-order valence-corrected chi connectivity index (χ3v) is 4.94. The van der Waals surface area contributed by atoms with Gasteiger partial charge in [0.25, 0.3) is 0 Å². The highest BCUT2D eigenvalue weighted by Crippen LogP contribution is 2.26. The molecule has 1 aromatic heterocycles. The minimum Gasteiger partial charge on any atom is -0.463 e. The number of hydrazine groups is 2. The molecule has 0 saturated heterocycles. The fourth-order valence-corrected chi connectivity index (χ4v) is 3.39. The zero-order valence-electron chi connectivity index (χ0n) is 16.0. The summed E-state index contributed by atoms with van der Waals surface area (Å²) in [7, 11) is 0. The number of nitrogens with one attached hydrogen (secondary N) is 2. The molecule has 3 aliphatic rings. The van der Waals surface area contributed by atoms with Crippen molar-refractivity contribution in [2.75, 3.05) is 17.5 Å². The van der Waals surface area contributed by atoms with Crippen LogP contribution >= 0.6 is 0 Å². The Hall–Kier alpha value is -2.44. The quantitative estimate of drug-likeness (QED) is 0.501. The van der Waals surface area contributed by atoms with Gasteiger partial charge in [0.2, 0.25) is 24.2 Å². The van der Waals surface area contributed by atoms with E-state index in [-0.39, 0.29) is 24.0 Å². The number of unbranched alkanes of at least 4 members (excludes halogenated alkanes) is 1. The van der Waals surface area contributed by atoms with Crippen molar-refractivity contribution in [2.24, 2.45) is 16.5 Å². The number of nitrogens with zero attached hydrogens (tertiary/aromatic N) is 6. The van der Waals surface area contributed by atoms with Crippen molar-refractivity contribution in [1.82, 2.24) is 25.0 Å². The molecule has 1 aliphatic carbocycles. The SMILES string of the molecule is CCCCOc1nc2nc(n1)NN1C(OC3CCCCC3)N=C(N)N(N2)C1N. The summed E-state index contributed by atoms with van der Waals surface area (Å²) in [5, 5.41) is 3.11. The number of aliphatic imine (C=N–C) groups is 1. The van der Waals surface area contributed by atoms with Crippen LogP contribution in [0, 0.1) is 0 Å². The molecule has 3 atom stereocenters. The molecule has 2 aliphatic heterocycles. The summed E-state index contributed by atoms with van der Waals surface area (Å²) in [6.45, 7) is 2.62. The number of nitrogens with two attached hydrogens (primary N) is 2. The minimum absolute atomic E-state index is 0.121. The number of guanidine groups is 1. The van der Waals surface area contributed by atoms with E-state index in [4.69, 9.17) is 20.9 Å². The van der Waals surface area contributed by atoms with Gasteiger partial charge in [0.05, 0.1) is 12.7 Å². The van der Waals surface area contributed by atoms with Crippen LogP contribution in [0.15, 0.2) is 4.99 Å². The van der Waals surface area contributed by atoms with Crippen LogP contribution in [0.1, 0.15) is 51.9 Å². The van der Waals surface area contributed by atoms with E-state index >= 15 is 0 Å². The maximum Gasteiger partial charge on any atom is 0.323 e. The van der Waals surface area contributed by atoms with Gasteiger partial charge in [-0.2, -0.15) is 15.0 Å². The molecule has 12 nitrogen and oxygen atoms in total. The predicted octanol–water partition coefficient (Wildman–Crippen LogP) is 0.525. The molecule has 154 valence electrons. The fourth-order valence-electron chi connectivity index (χ4n) is 3.39. The van der Waals surface area contributed by atoms with E-state index in [1.807, 2.05) is 0 Å². The summed E-state index contributed by atoms with van der Waals surface area (Å²) in [5.74, 6) is 0.764. The normalized spacial score (nSPS) is 27.1. The summed E-state index contributed by atoms with van der Waals surface area (Å²) in [6, 6.07) is 0.227. The molecule has 6 N–H and O–H groups in total. The van der Waals surface area contributed by atoms with E-state index in [2.05, 4.69) is 37.7 Å². The maximum absolute atomic E-state index is 6.37. The van der Waals surface area contributed by atoms with E-state index < -0.39 is 12.6 Å². The highest BCUT2D eigenvalue weighted by Gasteiger charge is 2.39. The van der Waals surface area contributed by atoms with Gasteiger partial charge >= 0.3 is 6.01 Å². The van der Waals surface area contributed by atoms with Gasteiger partial charge in [0.1, 0.15) is 0 Å². The molecule has 4 bridgehead atoms. The van der Waals surface area contributed by atoms with Crippen LogP contribution in [-0.4, -0.2) is 56.3 Å². The first-order chi connectivity index (χ1) is 13.6. The van der Waals surface area contributed by atoms with Gasteiger partial charge in [-0.25, -0.2) is 10.0 Å². The average Bonchev–Trinajstić information content (AvgIpc) is 2.68. The lowest BCUT2D eigenvalue weighted by molar-refractivity contribution is -0.131. The molecule has 1 aromatic rings. The largest absolute Gasteiger partial charge is 0.463 e. The molecule has 3 unspecified atom stereocenters. The highest BCUT2D eigenvalue weighted by atomic mass is 16.5. The molecular weight excluding hydrogens is 364 g/mol. The van der Waals surface area contributed by atoms with Gasteiger partial charge in [-0.15, -0.1) is 5.01 Å². The Morgan fingerprint density at radius 1 is 1.11 bits per heavy atom. The molecule has 4 rings (SSSR count). The Kier molecular flexibility index (Phi) is 5.59. The Morgan fingerprint density at radius 3 is 2.61 bits per heavy atom. The van der Waals surface area contributed by atoms with Crippen molar-refractivity contribution < 1.29 is 9.47 Å². The monoisotopic (exact) mass is 392 g/mol. The number of aromatic nitrogens is 3. The zero-order valence-corrected chi connectivity index (χ0v) is 16.0. The van der Waals surface area contributed by atoms with E-state index in [0.29, 0.717) is 12.6 Å². The second-order valence-electron chi connectivity index (χ2n) is 7.09. The third-order valence-electron chi connectivity index (χ3n) is 4.94. The lowest BCUT2D eigenvalue weighted by Crippen LogP contribution is -2.68. The van der Waals surface area contributed by atoms with Crippen LogP contribution in [-0.2, 0) is 4.74 Å². The van der Waals surface area contributed by atoms with Crippen LogP contribution in [0.25, 0.3) is 0 Å². The van der Waals surface area contributed by atoms with E-state index in [1.165, 1.54) is 11.4 Å². The fraction of sp³-hybridized carbons (Fsp3) is 0.750. The summed E-state index contributed by atoms with van der Waals surface area (Å²) < 4.78 is 11.8. The number of anilines is 2. The van der Waals surface area contributed by atoms with Crippen LogP contribution in [0.2, 0.25) is 0 Å². The van der Waals surface area contributed by atoms with Gasteiger partial charge in [0, 0.05) is 0 Å². The van der Waals surface area contributed by atoms with Gasteiger partial charge in [-0.1, -0.05) is 32.6 Å². The Labute approximate surface area is 163 Å². The third kappa shape index (κ3) is 4.03. The molecule has 0 spiro atoms. The molecule has 12 heteroatoms. The molecule has 3 heterocycles. The second kappa shape index (κ2) is 8.29. The molecular formula is C16H28N10O2. The van der Waals surface area contributed by atoms with E-state index in [0.717, 1.165) is 38.5 Å². The summed E-state index contributed by atoms with van der Waals surface area (Å²) in [6.07, 6.45) is 6.23. The predicted molar refractivity (Wildman–Crippen MR) is 102 cm³/mol. The first-order valence-electron chi connectivity index (χ1n) is 9.88. The summed E-state index contributed by atoms with van der Waals surface area (Å²) in [4.78, 5) is 17.3. The second-order valence-corrected chi connectivity index (χ2v) is 7.09. The Balaban J connectivity index is 1.56. The number of hydrogen-bond donors (Lipinski definition) is 4. The van der Waals surface area contributed by atoms with Gasteiger partial charge < -0.3 is 15.2 Å². The van der Waals surface area contributed by atoms with Crippen molar-refractivity contribution >= 4 is 17.9 Å². The van der Waals surface area contributed by atoms with Gasteiger partial charge in [-0.3, -0.25) is 16.6 Å².